The van der Waals surface area contributed by atoms with E-state index in [0.29, 0.717) is 24.6 Å². The smallest absolute Gasteiger partial charge is 0.324 e. The van der Waals surface area contributed by atoms with Crippen molar-refractivity contribution in [3.05, 3.63) is 27.1 Å². The summed E-state index contributed by atoms with van der Waals surface area (Å²) >= 11 is 0.982. The Labute approximate surface area is 115 Å². The maximum absolute atomic E-state index is 12.4. The van der Waals surface area contributed by atoms with Crippen LogP contribution in [0.15, 0.2) is 11.4 Å². The standard InChI is InChI=1S/C12H17N3O3S/c1-8-3-2-4-14(10(8)6-13)12(16)9-5-11(15(17)18)19-7-9/h5,7-8,10H,2-4,6,13H2,1H3. The van der Waals surface area contributed by atoms with E-state index in [0.717, 1.165) is 24.2 Å². The summed E-state index contributed by atoms with van der Waals surface area (Å²) in [7, 11) is 0. The van der Waals surface area contributed by atoms with Crippen LogP contribution in [0.1, 0.15) is 30.1 Å². The fraction of sp³-hybridized carbons (Fsp3) is 0.583. The summed E-state index contributed by atoms with van der Waals surface area (Å²) in [4.78, 5) is 24.4. The van der Waals surface area contributed by atoms with E-state index < -0.39 is 4.92 Å². The van der Waals surface area contributed by atoms with Gasteiger partial charge in [0.1, 0.15) is 0 Å². The van der Waals surface area contributed by atoms with Gasteiger partial charge in [0.25, 0.3) is 5.91 Å². The molecule has 2 heterocycles. The lowest BCUT2D eigenvalue weighted by Crippen LogP contribution is -2.51. The van der Waals surface area contributed by atoms with Crippen molar-refractivity contribution in [2.24, 2.45) is 11.7 Å². The van der Waals surface area contributed by atoms with Crippen molar-refractivity contribution < 1.29 is 9.72 Å². The molecule has 0 aliphatic carbocycles. The van der Waals surface area contributed by atoms with Crippen LogP contribution in [-0.4, -0.2) is 34.9 Å². The second-order valence-corrected chi connectivity index (χ2v) is 5.74. The average molecular weight is 283 g/mol. The van der Waals surface area contributed by atoms with Crippen molar-refractivity contribution in [3.63, 3.8) is 0 Å². The van der Waals surface area contributed by atoms with E-state index >= 15 is 0 Å². The third-order valence-electron chi connectivity index (χ3n) is 3.63. The second kappa shape index (κ2) is 5.66. The van der Waals surface area contributed by atoms with Gasteiger partial charge in [0.2, 0.25) is 0 Å². The first-order chi connectivity index (χ1) is 9.04. The predicted octanol–water partition coefficient (Wildman–Crippen LogP) is 1.86. The number of nitrogens with zero attached hydrogens (tertiary/aromatic N) is 2. The van der Waals surface area contributed by atoms with Gasteiger partial charge < -0.3 is 10.6 Å². The highest BCUT2D eigenvalue weighted by molar-refractivity contribution is 7.13. The number of piperidine rings is 1. The van der Waals surface area contributed by atoms with Crippen molar-refractivity contribution in [1.29, 1.82) is 0 Å². The van der Waals surface area contributed by atoms with Crippen molar-refractivity contribution in [2.75, 3.05) is 13.1 Å². The van der Waals surface area contributed by atoms with E-state index in [2.05, 4.69) is 6.92 Å². The molecule has 2 atom stereocenters. The minimum Gasteiger partial charge on any atom is -0.334 e. The second-order valence-electron chi connectivity index (χ2n) is 4.85. The van der Waals surface area contributed by atoms with Crippen molar-refractivity contribution in [2.45, 2.75) is 25.8 Å². The maximum atomic E-state index is 12.4. The van der Waals surface area contributed by atoms with Crippen LogP contribution in [0, 0.1) is 16.0 Å². The molecule has 0 radical (unpaired) electrons. The summed E-state index contributed by atoms with van der Waals surface area (Å²) in [5.41, 5.74) is 6.15. The topological polar surface area (TPSA) is 89.5 Å². The third kappa shape index (κ3) is 2.76. The fourth-order valence-corrected chi connectivity index (χ4v) is 3.26. The molecule has 1 aromatic heterocycles. The number of nitrogens with two attached hydrogens (primary N) is 1. The molecule has 104 valence electrons. The largest absolute Gasteiger partial charge is 0.334 e. The molecule has 1 aliphatic rings. The molecule has 6 nitrogen and oxygen atoms in total. The van der Waals surface area contributed by atoms with Crippen LogP contribution in [0.2, 0.25) is 0 Å². The predicted molar refractivity (Wildman–Crippen MR) is 73.3 cm³/mol. The molecule has 1 aliphatic heterocycles. The van der Waals surface area contributed by atoms with Crippen LogP contribution in [-0.2, 0) is 0 Å². The number of likely N-dealkylation sites (tertiary alicyclic amines) is 1. The first-order valence-electron chi connectivity index (χ1n) is 6.28. The lowest BCUT2D eigenvalue weighted by molar-refractivity contribution is -0.380. The Balaban J connectivity index is 2.19. The number of carbonyl (C=O) groups is 1. The summed E-state index contributed by atoms with van der Waals surface area (Å²) in [6, 6.07) is 1.38. The third-order valence-corrected chi connectivity index (χ3v) is 4.51. The van der Waals surface area contributed by atoms with Gasteiger partial charge in [-0.1, -0.05) is 18.3 Å². The minimum absolute atomic E-state index is 0.00212. The quantitative estimate of drug-likeness (QED) is 0.677. The minimum atomic E-state index is -0.472. The first-order valence-corrected chi connectivity index (χ1v) is 7.16. The van der Waals surface area contributed by atoms with Crippen LogP contribution in [0.3, 0.4) is 0 Å². The summed E-state index contributed by atoms with van der Waals surface area (Å²) in [6.07, 6.45) is 2.02. The molecule has 1 aromatic rings. The van der Waals surface area contributed by atoms with Gasteiger partial charge >= 0.3 is 5.00 Å². The molecule has 0 spiro atoms. The number of amides is 1. The Morgan fingerprint density at radius 1 is 1.68 bits per heavy atom. The molecule has 0 bridgehead atoms. The fourth-order valence-electron chi connectivity index (χ4n) is 2.56. The Kier molecular flexibility index (Phi) is 4.16. The maximum Gasteiger partial charge on any atom is 0.324 e. The molecule has 2 rings (SSSR count). The molecular weight excluding hydrogens is 266 g/mol. The van der Waals surface area contributed by atoms with E-state index in [9.17, 15) is 14.9 Å². The highest BCUT2D eigenvalue weighted by Crippen LogP contribution is 2.28. The Morgan fingerprint density at radius 2 is 2.42 bits per heavy atom. The van der Waals surface area contributed by atoms with Crippen molar-refractivity contribution >= 4 is 22.2 Å². The van der Waals surface area contributed by atoms with E-state index in [1.54, 1.807) is 10.3 Å². The molecule has 19 heavy (non-hydrogen) atoms. The molecular formula is C12H17N3O3S. The lowest BCUT2D eigenvalue weighted by Gasteiger charge is -2.39. The van der Waals surface area contributed by atoms with Crippen LogP contribution in [0.4, 0.5) is 5.00 Å². The molecule has 1 saturated heterocycles. The first kappa shape index (κ1) is 14.0. The Bertz CT molecular complexity index is 488. The van der Waals surface area contributed by atoms with Crippen LogP contribution >= 0.6 is 11.3 Å². The molecule has 1 amide bonds. The zero-order valence-corrected chi connectivity index (χ0v) is 11.6. The summed E-state index contributed by atoms with van der Waals surface area (Å²) in [6.45, 7) is 3.20. The monoisotopic (exact) mass is 283 g/mol. The zero-order valence-electron chi connectivity index (χ0n) is 10.7. The van der Waals surface area contributed by atoms with Gasteiger partial charge in [-0.2, -0.15) is 0 Å². The highest BCUT2D eigenvalue weighted by Gasteiger charge is 2.32. The Morgan fingerprint density at radius 3 is 3.00 bits per heavy atom. The van der Waals surface area contributed by atoms with Crippen molar-refractivity contribution in [3.8, 4) is 0 Å². The zero-order chi connectivity index (χ0) is 14.0. The summed E-state index contributed by atoms with van der Waals surface area (Å²) in [5.74, 6) is 0.225. The SMILES string of the molecule is CC1CCCN(C(=O)c2csc([N+](=O)[O-])c2)C1CN. The van der Waals surface area contributed by atoms with E-state index in [4.69, 9.17) is 5.73 Å². The van der Waals surface area contributed by atoms with Gasteiger partial charge in [-0.3, -0.25) is 14.9 Å². The molecule has 0 saturated carbocycles. The van der Waals surface area contributed by atoms with Gasteiger partial charge in [-0.15, -0.1) is 0 Å². The number of nitro groups is 1. The normalized spacial score (nSPS) is 23.4. The molecule has 7 heteroatoms. The molecule has 0 aromatic carbocycles. The van der Waals surface area contributed by atoms with Gasteiger partial charge in [0.05, 0.1) is 10.5 Å². The molecule has 2 unspecified atom stereocenters. The number of thiophene rings is 1. The number of carbonyl (C=O) groups excluding carboxylic acids is 1. The van der Waals surface area contributed by atoms with Crippen molar-refractivity contribution in [1.82, 2.24) is 4.90 Å². The van der Waals surface area contributed by atoms with Gasteiger partial charge in [-0.25, -0.2) is 0 Å². The van der Waals surface area contributed by atoms with E-state index in [1.165, 1.54) is 6.07 Å². The van der Waals surface area contributed by atoms with Crippen LogP contribution < -0.4 is 5.73 Å². The summed E-state index contributed by atoms with van der Waals surface area (Å²) in [5, 5.41) is 12.2. The van der Waals surface area contributed by atoms with Crippen LogP contribution in [0.5, 0.6) is 0 Å². The molecule has 2 N–H and O–H groups in total. The van der Waals surface area contributed by atoms with Gasteiger partial charge in [0.15, 0.2) is 0 Å². The number of hydrogen-bond acceptors (Lipinski definition) is 5. The number of hydrogen-bond donors (Lipinski definition) is 1. The number of rotatable bonds is 3. The van der Waals surface area contributed by atoms with Gasteiger partial charge in [-0.05, 0) is 18.8 Å². The summed E-state index contributed by atoms with van der Waals surface area (Å²) < 4.78 is 0. The van der Waals surface area contributed by atoms with E-state index in [-0.39, 0.29) is 17.0 Å². The highest BCUT2D eigenvalue weighted by atomic mass is 32.1. The Hall–Kier alpha value is -1.47. The van der Waals surface area contributed by atoms with Crippen LogP contribution in [0.25, 0.3) is 0 Å². The van der Waals surface area contributed by atoms with E-state index in [1.807, 2.05) is 0 Å². The lowest BCUT2D eigenvalue weighted by atomic mass is 9.90. The molecule has 1 fully saturated rings. The van der Waals surface area contributed by atoms with Gasteiger partial charge in [0, 0.05) is 30.6 Å². The average Bonchev–Trinajstić information content (AvgIpc) is 2.87.